The summed E-state index contributed by atoms with van der Waals surface area (Å²) < 4.78 is 38.4. The summed E-state index contributed by atoms with van der Waals surface area (Å²) in [5.74, 6) is -0.939. The van der Waals surface area contributed by atoms with Crippen LogP contribution in [-0.4, -0.2) is 38.3 Å². The molecule has 1 aromatic heterocycles. The van der Waals surface area contributed by atoms with Crippen molar-refractivity contribution in [2.75, 3.05) is 17.7 Å². The molecule has 11 heteroatoms. The Morgan fingerprint density at radius 1 is 1.43 bits per heavy atom. The molecule has 2 aromatic rings. The maximum Gasteiger partial charge on any atom is 0.285 e. The van der Waals surface area contributed by atoms with Gasteiger partial charge in [0.05, 0.1) is 24.4 Å². The van der Waals surface area contributed by atoms with E-state index in [1.165, 1.54) is 6.08 Å². The molecule has 0 spiro atoms. The van der Waals surface area contributed by atoms with Crippen LogP contribution < -0.4 is 9.62 Å². The average Bonchev–Trinajstić information content (AvgIpc) is 3.06. The molecule has 1 aromatic carbocycles. The Labute approximate surface area is 182 Å². The van der Waals surface area contributed by atoms with E-state index in [4.69, 9.17) is 16.9 Å². The van der Waals surface area contributed by atoms with Crippen molar-refractivity contribution in [3.05, 3.63) is 63.7 Å². The standard InChI is InChI=1S/C19H16ClFN4O3S2/c1-30(27,28)24-18(26)16-17(20)29-19(23-16)25(11-13-3-2-4-14(21)9-13)15-7-5-12(10-22)6-8-15/h2-3,5-9,14H,4,11H2,1H3,(H,24,26). The highest BCUT2D eigenvalue weighted by molar-refractivity contribution is 7.89. The van der Waals surface area contributed by atoms with Crippen LogP contribution in [0.4, 0.5) is 15.2 Å². The molecule has 0 aliphatic heterocycles. The van der Waals surface area contributed by atoms with Crippen molar-refractivity contribution in [3.63, 3.8) is 0 Å². The van der Waals surface area contributed by atoms with Gasteiger partial charge in [-0.3, -0.25) is 4.79 Å². The Hall–Kier alpha value is -2.74. The highest BCUT2D eigenvalue weighted by atomic mass is 35.5. The van der Waals surface area contributed by atoms with Crippen molar-refractivity contribution in [2.45, 2.75) is 12.6 Å². The first-order valence-corrected chi connectivity index (χ1v) is 11.7. The Morgan fingerprint density at radius 2 is 2.13 bits per heavy atom. The van der Waals surface area contributed by atoms with Gasteiger partial charge in [0.2, 0.25) is 10.0 Å². The zero-order valence-corrected chi connectivity index (χ0v) is 18.1. The minimum absolute atomic E-state index is 0.0151. The maximum atomic E-state index is 13.8. The summed E-state index contributed by atoms with van der Waals surface area (Å²) in [6.07, 6.45) is 5.10. The molecule has 3 rings (SSSR count). The predicted octanol–water partition coefficient (Wildman–Crippen LogP) is 3.72. The van der Waals surface area contributed by atoms with Gasteiger partial charge in [-0.1, -0.05) is 35.1 Å². The van der Waals surface area contributed by atoms with Crippen molar-refractivity contribution in [2.24, 2.45) is 0 Å². The van der Waals surface area contributed by atoms with Gasteiger partial charge in [-0.05, 0) is 35.9 Å². The predicted molar refractivity (Wildman–Crippen MR) is 114 cm³/mol. The number of sulfonamides is 1. The summed E-state index contributed by atoms with van der Waals surface area (Å²) in [6.45, 7) is 0.236. The zero-order valence-electron chi connectivity index (χ0n) is 15.7. The number of rotatable bonds is 6. The van der Waals surface area contributed by atoms with Gasteiger partial charge in [0, 0.05) is 12.1 Å². The molecule has 0 radical (unpaired) electrons. The lowest BCUT2D eigenvalue weighted by molar-refractivity contribution is 0.0977. The fourth-order valence-corrected chi connectivity index (χ4v) is 4.32. The molecule has 1 unspecified atom stereocenters. The third kappa shape index (κ3) is 5.44. The summed E-state index contributed by atoms with van der Waals surface area (Å²) in [5.41, 5.74) is 1.58. The zero-order chi connectivity index (χ0) is 21.9. The number of carbonyl (C=O) groups is 1. The van der Waals surface area contributed by atoms with E-state index < -0.39 is 22.1 Å². The van der Waals surface area contributed by atoms with E-state index in [2.05, 4.69) is 4.98 Å². The van der Waals surface area contributed by atoms with Gasteiger partial charge in [0.15, 0.2) is 10.8 Å². The number of amides is 1. The van der Waals surface area contributed by atoms with Gasteiger partial charge in [-0.2, -0.15) is 5.26 Å². The number of alkyl halides is 1. The number of benzene rings is 1. The number of hydrogen-bond donors (Lipinski definition) is 1. The topological polar surface area (TPSA) is 103 Å². The molecule has 1 atom stereocenters. The third-order valence-corrected chi connectivity index (χ3v) is 5.87. The Morgan fingerprint density at radius 3 is 2.73 bits per heavy atom. The van der Waals surface area contributed by atoms with Crippen molar-refractivity contribution in [1.82, 2.24) is 9.71 Å². The molecule has 0 saturated carbocycles. The van der Waals surface area contributed by atoms with Crippen molar-refractivity contribution in [3.8, 4) is 6.07 Å². The van der Waals surface area contributed by atoms with Gasteiger partial charge in [0.1, 0.15) is 10.5 Å². The molecule has 0 bridgehead atoms. The molecular weight excluding hydrogens is 451 g/mol. The van der Waals surface area contributed by atoms with Gasteiger partial charge in [-0.25, -0.2) is 22.5 Å². The van der Waals surface area contributed by atoms with Crippen molar-refractivity contribution < 1.29 is 17.6 Å². The summed E-state index contributed by atoms with van der Waals surface area (Å²) in [4.78, 5) is 18.1. The highest BCUT2D eigenvalue weighted by Gasteiger charge is 2.24. The SMILES string of the molecule is CS(=O)(=O)NC(=O)c1nc(N(CC2=CC(F)CC=C2)c2ccc(C#N)cc2)sc1Cl. The average molecular weight is 467 g/mol. The van der Waals surface area contributed by atoms with Gasteiger partial charge in [0.25, 0.3) is 5.91 Å². The Kier molecular flexibility index (Phi) is 6.55. The molecule has 1 aliphatic carbocycles. The maximum absolute atomic E-state index is 13.8. The first-order valence-electron chi connectivity index (χ1n) is 8.63. The molecule has 1 N–H and O–H groups in total. The summed E-state index contributed by atoms with van der Waals surface area (Å²) in [6, 6.07) is 8.68. The molecule has 30 heavy (non-hydrogen) atoms. The lowest BCUT2D eigenvalue weighted by Gasteiger charge is -2.24. The molecule has 7 nitrogen and oxygen atoms in total. The van der Waals surface area contributed by atoms with E-state index in [0.717, 1.165) is 17.6 Å². The van der Waals surface area contributed by atoms with Crippen LogP contribution in [-0.2, 0) is 10.0 Å². The van der Waals surface area contributed by atoms with Gasteiger partial charge in [-0.15, -0.1) is 0 Å². The fourth-order valence-electron chi connectivity index (χ4n) is 2.74. The number of allylic oxidation sites excluding steroid dienone is 2. The number of thiazole rings is 1. The first-order chi connectivity index (χ1) is 14.2. The highest BCUT2D eigenvalue weighted by Crippen LogP contribution is 2.36. The second-order valence-electron chi connectivity index (χ2n) is 6.46. The van der Waals surface area contributed by atoms with Gasteiger partial charge >= 0.3 is 0 Å². The summed E-state index contributed by atoms with van der Waals surface area (Å²) in [5, 5.41) is 9.34. The van der Waals surface area contributed by atoms with Crippen LogP contribution in [0.1, 0.15) is 22.5 Å². The molecule has 1 aliphatic rings. The van der Waals surface area contributed by atoms with Crippen LogP contribution in [0.25, 0.3) is 0 Å². The minimum Gasteiger partial charge on any atom is -0.313 e. The second kappa shape index (κ2) is 8.95. The molecular formula is C19H16ClFN4O3S2. The van der Waals surface area contributed by atoms with Gasteiger partial charge < -0.3 is 4.90 Å². The van der Waals surface area contributed by atoms with Crippen LogP contribution >= 0.6 is 22.9 Å². The van der Waals surface area contributed by atoms with Crippen LogP contribution in [0.15, 0.2) is 48.1 Å². The smallest absolute Gasteiger partial charge is 0.285 e. The lowest BCUT2D eigenvalue weighted by Crippen LogP contribution is -2.30. The van der Waals surface area contributed by atoms with E-state index in [0.29, 0.717) is 28.4 Å². The van der Waals surface area contributed by atoms with Crippen LogP contribution in [0.3, 0.4) is 0 Å². The number of carbonyl (C=O) groups excluding carboxylic acids is 1. The number of anilines is 2. The summed E-state index contributed by atoms with van der Waals surface area (Å²) in [7, 11) is -3.79. The number of hydrogen-bond acceptors (Lipinski definition) is 7. The summed E-state index contributed by atoms with van der Waals surface area (Å²) >= 11 is 7.14. The number of aromatic nitrogens is 1. The lowest BCUT2D eigenvalue weighted by atomic mass is 10.1. The fraction of sp³-hybridized carbons (Fsp3) is 0.211. The third-order valence-electron chi connectivity index (χ3n) is 4.04. The van der Waals surface area contributed by atoms with E-state index in [9.17, 15) is 17.6 Å². The molecule has 1 amide bonds. The normalized spacial score (nSPS) is 15.9. The molecule has 1 heterocycles. The van der Waals surface area contributed by atoms with Crippen LogP contribution in [0, 0.1) is 11.3 Å². The van der Waals surface area contributed by atoms with E-state index in [-0.39, 0.29) is 16.6 Å². The van der Waals surface area contributed by atoms with E-state index >= 15 is 0 Å². The van der Waals surface area contributed by atoms with Crippen molar-refractivity contribution >= 4 is 49.7 Å². The molecule has 0 saturated heterocycles. The largest absolute Gasteiger partial charge is 0.313 e. The minimum atomic E-state index is -3.79. The number of halogens is 2. The van der Waals surface area contributed by atoms with E-state index in [1.807, 2.05) is 10.8 Å². The van der Waals surface area contributed by atoms with Crippen LogP contribution in [0.5, 0.6) is 0 Å². The molecule has 156 valence electrons. The monoisotopic (exact) mass is 466 g/mol. The van der Waals surface area contributed by atoms with Crippen LogP contribution in [0.2, 0.25) is 4.34 Å². The quantitative estimate of drug-likeness (QED) is 0.695. The number of nitriles is 1. The van der Waals surface area contributed by atoms with E-state index in [1.54, 1.807) is 41.3 Å². The molecule has 0 fully saturated rings. The van der Waals surface area contributed by atoms with Crippen molar-refractivity contribution in [1.29, 1.82) is 5.26 Å². The second-order valence-corrected chi connectivity index (χ2v) is 9.79. The number of nitrogens with one attached hydrogen (secondary N) is 1. The Bertz CT molecular complexity index is 1170. The first kappa shape index (κ1) is 22.0. The Balaban J connectivity index is 1.99. The number of nitrogens with zero attached hydrogens (tertiary/aromatic N) is 3.